The molecule has 0 aliphatic rings. The van der Waals surface area contributed by atoms with E-state index in [0.717, 1.165) is 34.0 Å². The number of nitrogens with one attached hydrogen (secondary N) is 1. The van der Waals surface area contributed by atoms with Crippen molar-refractivity contribution >= 4 is 17.2 Å². The quantitative estimate of drug-likeness (QED) is 0.596. The molecule has 0 saturated carbocycles. The van der Waals surface area contributed by atoms with Gasteiger partial charge >= 0.3 is 0 Å². The maximum absolute atomic E-state index is 5.98. The fourth-order valence-corrected chi connectivity index (χ4v) is 2.92. The zero-order valence-corrected chi connectivity index (χ0v) is 14.1. The fraction of sp³-hybridized carbons (Fsp3) is 0.167. The van der Waals surface area contributed by atoms with Gasteiger partial charge in [-0.2, -0.15) is 0 Å². The predicted octanol–water partition coefficient (Wildman–Crippen LogP) is 4.56. The Labute approximate surface area is 144 Å². The minimum Gasteiger partial charge on any atom is -0.344 e. The molecule has 0 saturated heterocycles. The van der Waals surface area contributed by atoms with Gasteiger partial charge in [0.1, 0.15) is 5.82 Å². The third-order valence-corrected chi connectivity index (χ3v) is 4.24. The summed E-state index contributed by atoms with van der Waals surface area (Å²) in [4.78, 5) is 7.72. The number of rotatable bonds is 3. The van der Waals surface area contributed by atoms with Crippen LogP contribution in [0, 0.1) is 0 Å². The van der Waals surface area contributed by atoms with Gasteiger partial charge in [-0.05, 0) is 24.3 Å². The van der Waals surface area contributed by atoms with Crippen LogP contribution < -0.4 is 0 Å². The Bertz CT molecular complexity index is 998. The molecule has 0 aliphatic heterocycles. The van der Waals surface area contributed by atoms with Gasteiger partial charge in [0.25, 0.3) is 0 Å². The summed E-state index contributed by atoms with van der Waals surface area (Å²) in [7, 11) is 0. The van der Waals surface area contributed by atoms with Crippen LogP contribution in [0.15, 0.2) is 48.9 Å². The molecule has 5 nitrogen and oxygen atoms in total. The van der Waals surface area contributed by atoms with Crippen molar-refractivity contribution < 1.29 is 0 Å². The Hall–Kier alpha value is -2.66. The molecule has 6 heteroatoms. The second kappa shape index (κ2) is 5.76. The predicted molar refractivity (Wildman–Crippen MR) is 95.1 cm³/mol. The normalized spacial score (nSPS) is 11.5. The first-order chi connectivity index (χ1) is 11.6. The van der Waals surface area contributed by atoms with Crippen LogP contribution in [0.1, 0.15) is 25.6 Å². The van der Waals surface area contributed by atoms with Gasteiger partial charge in [0.2, 0.25) is 0 Å². The number of fused-ring (bicyclic) bond motifs is 1. The number of imidazole rings is 1. The topological polar surface area (TPSA) is 58.9 Å². The lowest BCUT2D eigenvalue weighted by molar-refractivity contribution is 0.759. The van der Waals surface area contributed by atoms with Crippen LogP contribution in [-0.4, -0.2) is 24.6 Å². The molecule has 0 fully saturated rings. The van der Waals surface area contributed by atoms with Crippen LogP contribution in [0.5, 0.6) is 0 Å². The number of aromatic amines is 1. The highest BCUT2D eigenvalue weighted by Crippen LogP contribution is 2.30. The van der Waals surface area contributed by atoms with Crippen molar-refractivity contribution in [2.45, 2.75) is 19.8 Å². The van der Waals surface area contributed by atoms with Crippen LogP contribution in [0.25, 0.3) is 28.2 Å². The Morgan fingerprint density at radius 3 is 2.50 bits per heavy atom. The maximum Gasteiger partial charge on any atom is 0.160 e. The third kappa shape index (κ3) is 2.47. The first kappa shape index (κ1) is 14.9. The first-order valence-electron chi connectivity index (χ1n) is 7.78. The molecule has 24 heavy (non-hydrogen) atoms. The number of aromatic nitrogens is 5. The number of nitrogens with zero attached hydrogens (tertiary/aromatic N) is 4. The van der Waals surface area contributed by atoms with Crippen LogP contribution >= 0.6 is 11.6 Å². The maximum atomic E-state index is 5.98. The average Bonchev–Trinajstić information content (AvgIpc) is 3.21. The monoisotopic (exact) mass is 337 g/mol. The van der Waals surface area contributed by atoms with E-state index in [1.807, 2.05) is 40.8 Å². The van der Waals surface area contributed by atoms with E-state index in [1.54, 1.807) is 6.33 Å². The van der Waals surface area contributed by atoms with E-state index < -0.39 is 0 Å². The van der Waals surface area contributed by atoms with Crippen LogP contribution in [0.2, 0.25) is 5.02 Å². The van der Waals surface area contributed by atoms with Crippen molar-refractivity contribution in [2.75, 3.05) is 0 Å². The Morgan fingerprint density at radius 2 is 1.75 bits per heavy atom. The molecule has 3 aromatic heterocycles. The number of H-pyrrole nitrogens is 1. The molecule has 0 atom stereocenters. The summed E-state index contributed by atoms with van der Waals surface area (Å²) in [5.41, 5.74) is 4.75. The van der Waals surface area contributed by atoms with E-state index in [4.69, 9.17) is 11.6 Å². The number of benzene rings is 1. The second-order valence-electron chi connectivity index (χ2n) is 5.99. The van der Waals surface area contributed by atoms with E-state index in [-0.39, 0.29) is 0 Å². The van der Waals surface area contributed by atoms with E-state index in [9.17, 15) is 0 Å². The summed E-state index contributed by atoms with van der Waals surface area (Å²) in [6.07, 6.45) is 3.76. The summed E-state index contributed by atoms with van der Waals surface area (Å²) >= 11 is 5.98. The summed E-state index contributed by atoms with van der Waals surface area (Å²) in [5.74, 6) is 1.24. The van der Waals surface area contributed by atoms with Gasteiger partial charge in [-0.3, -0.25) is 4.40 Å². The van der Waals surface area contributed by atoms with E-state index in [0.29, 0.717) is 10.9 Å². The molecule has 120 valence electrons. The van der Waals surface area contributed by atoms with Crippen molar-refractivity contribution in [1.82, 2.24) is 24.6 Å². The van der Waals surface area contributed by atoms with Crippen molar-refractivity contribution in [1.29, 1.82) is 0 Å². The molecular formula is C18H16ClN5. The molecule has 0 amide bonds. The molecule has 1 N–H and O–H groups in total. The number of halogens is 1. The van der Waals surface area contributed by atoms with Gasteiger partial charge in [-0.15, -0.1) is 10.2 Å². The van der Waals surface area contributed by atoms with Gasteiger partial charge in [0.05, 0.1) is 17.7 Å². The lowest BCUT2D eigenvalue weighted by Crippen LogP contribution is -1.97. The van der Waals surface area contributed by atoms with Crippen LogP contribution in [0.4, 0.5) is 0 Å². The number of pyridine rings is 1. The standard InChI is InChI=1S/C18H16ClN5/c1-11(2)18-23-22-15-8-5-13(9-24(15)18)17-16(20-10-21-17)12-3-6-14(19)7-4-12/h3-11H,1-2H3,(H,20,21). The molecule has 0 radical (unpaired) electrons. The number of hydrogen-bond acceptors (Lipinski definition) is 3. The van der Waals surface area contributed by atoms with Gasteiger partial charge < -0.3 is 4.98 Å². The highest BCUT2D eigenvalue weighted by Gasteiger charge is 2.14. The molecule has 0 bridgehead atoms. The molecule has 3 heterocycles. The summed E-state index contributed by atoms with van der Waals surface area (Å²) in [5, 5.41) is 9.22. The molecule has 0 spiro atoms. The number of hydrogen-bond donors (Lipinski definition) is 1. The Morgan fingerprint density at radius 1 is 1.00 bits per heavy atom. The average molecular weight is 338 g/mol. The molecule has 1 aromatic carbocycles. The van der Waals surface area contributed by atoms with Crippen LogP contribution in [-0.2, 0) is 0 Å². The second-order valence-corrected chi connectivity index (χ2v) is 6.43. The summed E-state index contributed by atoms with van der Waals surface area (Å²) in [6, 6.07) is 11.7. The summed E-state index contributed by atoms with van der Waals surface area (Å²) < 4.78 is 2.03. The Balaban J connectivity index is 1.85. The highest BCUT2D eigenvalue weighted by atomic mass is 35.5. The van der Waals surface area contributed by atoms with E-state index in [2.05, 4.69) is 40.2 Å². The lowest BCUT2D eigenvalue weighted by Gasteiger charge is -2.07. The van der Waals surface area contributed by atoms with E-state index >= 15 is 0 Å². The smallest absolute Gasteiger partial charge is 0.160 e. The van der Waals surface area contributed by atoms with Gasteiger partial charge in [0.15, 0.2) is 5.65 Å². The molecule has 0 unspecified atom stereocenters. The minimum atomic E-state index is 0.299. The SMILES string of the molecule is CC(C)c1nnc2ccc(-c3[nH]cnc3-c3ccc(Cl)cc3)cn12. The van der Waals surface area contributed by atoms with Crippen molar-refractivity contribution in [3.63, 3.8) is 0 Å². The van der Waals surface area contributed by atoms with Gasteiger partial charge in [-0.1, -0.05) is 37.6 Å². The molecule has 4 aromatic rings. The third-order valence-electron chi connectivity index (χ3n) is 3.99. The fourth-order valence-electron chi connectivity index (χ4n) is 2.79. The first-order valence-corrected chi connectivity index (χ1v) is 8.15. The zero-order chi connectivity index (χ0) is 16.7. The lowest BCUT2D eigenvalue weighted by atomic mass is 10.1. The van der Waals surface area contributed by atoms with Crippen molar-refractivity contribution in [3.05, 3.63) is 59.8 Å². The van der Waals surface area contributed by atoms with Gasteiger partial charge in [-0.25, -0.2) is 4.98 Å². The van der Waals surface area contributed by atoms with Crippen molar-refractivity contribution in [3.8, 4) is 22.5 Å². The minimum absolute atomic E-state index is 0.299. The zero-order valence-electron chi connectivity index (χ0n) is 13.4. The van der Waals surface area contributed by atoms with E-state index in [1.165, 1.54) is 0 Å². The van der Waals surface area contributed by atoms with Crippen LogP contribution in [0.3, 0.4) is 0 Å². The Kier molecular flexibility index (Phi) is 3.58. The molecule has 4 rings (SSSR count). The summed E-state index contributed by atoms with van der Waals surface area (Å²) in [6.45, 7) is 4.22. The van der Waals surface area contributed by atoms with Crippen molar-refractivity contribution in [2.24, 2.45) is 0 Å². The largest absolute Gasteiger partial charge is 0.344 e. The molecular weight excluding hydrogens is 322 g/mol. The van der Waals surface area contributed by atoms with Gasteiger partial charge in [0, 0.05) is 28.3 Å². The highest BCUT2D eigenvalue weighted by molar-refractivity contribution is 6.30. The molecule has 0 aliphatic carbocycles.